The van der Waals surface area contributed by atoms with Gasteiger partial charge in [0.1, 0.15) is 11.3 Å². The van der Waals surface area contributed by atoms with Gasteiger partial charge in [0.2, 0.25) is 5.91 Å². The first-order valence-corrected chi connectivity index (χ1v) is 16.7. The van der Waals surface area contributed by atoms with Gasteiger partial charge in [-0.05, 0) is 80.2 Å². The van der Waals surface area contributed by atoms with Crippen LogP contribution >= 0.6 is 12.4 Å². The Labute approximate surface area is 283 Å². The van der Waals surface area contributed by atoms with Crippen molar-refractivity contribution >= 4 is 36.1 Å². The number of aromatic hydroxyl groups is 1. The molecule has 0 saturated carbocycles. The number of carbonyl (C=O) groups excluding carboxylic acids is 2. The van der Waals surface area contributed by atoms with Gasteiger partial charge in [0.15, 0.2) is 0 Å². The maximum Gasteiger partial charge on any atom is 0.407 e. The van der Waals surface area contributed by atoms with E-state index in [1.807, 2.05) is 55.1 Å². The van der Waals surface area contributed by atoms with Crippen LogP contribution in [0.1, 0.15) is 47.9 Å². The number of carbonyl (C=O) groups is 3. The minimum Gasteiger partial charge on any atom is -0.507 e. The fourth-order valence-corrected chi connectivity index (χ4v) is 8.24. The van der Waals surface area contributed by atoms with E-state index in [-0.39, 0.29) is 42.4 Å². The Kier molecular flexibility index (Phi) is 10.9. The number of ether oxygens (including phenoxy) is 1. The van der Waals surface area contributed by atoms with E-state index in [0.29, 0.717) is 58.0 Å². The number of aryl methyl sites for hydroxylation is 2. The summed E-state index contributed by atoms with van der Waals surface area (Å²) in [5.41, 5.74) is 2.83. The largest absolute Gasteiger partial charge is 0.507 e. The molecule has 4 heterocycles. The van der Waals surface area contributed by atoms with E-state index in [9.17, 15) is 19.8 Å². The molecule has 0 aliphatic carbocycles. The third-order valence-electron chi connectivity index (χ3n) is 10.7. The van der Waals surface area contributed by atoms with Crippen LogP contribution in [0.2, 0.25) is 0 Å². The highest BCUT2D eigenvalue weighted by molar-refractivity contribution is 5.97. The van der Waals surface area contributed by atoms with E-state index in [2.05, 4.69) is 10.2 Å². The summed E-state index contributed by atoms with van der Waals surface area (Å²) in [7, 11) is 0. The number of para-hydroxylation sites is 1. The molecule has 6 rings (SSSR count). The normalized spacial score (nSPS) is 21.2. The lowest BCUT2D eigenvalue weighted by molar-refractivity contribution is -0.150. The highest BCUT2D eigenvalue weighted by Gasteiger charge is 2.55. The summed E-state index contributed by atoms with van der Waals surface area (Å²) in [6, 6.07) is 11.7. The third-order valence-corrected chi connectivity index (χ3v) is 10.7. The van der Waals surface area contributed by atoms with E-state index in [1.165, 1.54) is 4.90 Å². The van der Waals surface area contributed by atoms with Crippen LogP contribution in [0, 0.1) is 19.8 Å². The van der Waals surface area contributed by atoms with E-state index in [4.69, 9.17) is 4.74 Å². The molecule has 0 bridgehead atoms. The van der Waals surface area contributed by atoms with Gasteiger partial charge >= 0.3 is 12.1 Å². The maximum absolute atomic E-state index is 15.4. The average molecular weight is 670 g/mol. The number of amides is 4. The van der Waals surface area contributed by atoms with Crippen LogP contribution in [0.15, 0.2) is 36.4 Å². The van der Waals surface area contributed by atoms with Crippen molar-refractivity contribution in [2.45, 2.75) is 64.0 Å². The number of halogens is 1. The summed E-state index contributed by atoms with van der Waals surface area (Å²) in [4.78, 5) is 49.3. The molecule has 0 spiro atoms. The Balaban J connectivity index is 0.00000433. The van der Waals surface area contributed by atoms with E-state index >= 15 is 4.79 Å². The number of nitrogens with one attached hydrogen (secondary N) is 1. The minimum atomic E-state index is -1.25. The van der Waals surface area contributed by atoms with Gasteiger partial charge in [0, 0.05) is 64.0 Å². The topological polar surface area (TPSA) is 126 Å². The van der Waals surface area contributed by atoms with Gasteiger partial charge in [-0.15, -0.1) is 12.4 Å². The van der Waals surface area contributed by atoms with Crippen molar-refractivity contribution in [2.24, 2.45) is 5.92 Å². The number of fused-ring (bicyclic) bond motifs is 1. The zero-order chi connectivity index (χ0) is 32.4. The Morgan fingerprint density at radius 2 is 1.53 bits per heavy atom. The molecule has 0 aromatic heterocycles. The van der Waals surface area contributed by atoms with E-state index in [0.717, 1.165) is 67.1 Å². The molecule has 11 nitrogen and oxygen atoms in total. The zero-order valence-corrected chi connectivity index (χ0v) is 28.3. The molecule has 1 atom stereocenters. The van der Waals surface area contributed by atoms with Crippen LogP contribution in [-0.2, 0) is 22.4 Å². The Morgan fingerprint density at radius 1 is 0.915 bits per heavy atom. The molecule has 12 heteroatoms. The van der Waals surface area contributed by atoms with Crippen molar-refractivity contribution in [3.05, 3.63) is 58.7 Å². The summed E-state index contributed by atoms with van der Waals surface area (Å²) in [5, 5.41) is 23.5. The molecular formula is C35H48ClN5O6. The van der Waals surface area contributed by atoms with Crippen molar-refractivity contribution < 1.29 is 29.3 Å². The van der Waals surface area contributed by atoms with Crippen LogP contribution < -0.4 is 5.32 Å². The van der Waals surface area contributed by atoms with Gasteiger partial charge < -0.3 is 35.0 Å². The number of rotatable bonds is 6. The van der Waals surface area contributed by atoms with Crippen LogP contribution in [-0.4, -0.2) is 118 Å². The molecule has 4 aliphatic rings. The molecule has 0 radical (unpaired) electrons. The maximum atomic E-state index is 15.4. The summed E-state index contributed by atoms with van der Waals surface area (Å²) in [6.45, 7) is 9.13. The second-order valence-electron chi connectivity index (χ2n) is 13.4. The number of anilines is 1. The molecule has 4 amide bonds. The van der Waals surface area contributed by atoms with E-state index in [1.54, 1.807) is 4.90 Å². The molecule has 256 valence electrons. The van der Waals surface area contributed by atoms with Gasteiger partial charge in [0.05, 0.1) is 13.2 Å². The zero-order valence-electron chi connectivity index (χ0n) is 27.4. The number of nitrogens with zero attached hydrogens (tertiary/aromatic N) is 4. The predicted molar refractivity (Wildman–Crippen MR) is 181 cm³/mol. The van der Waals surface area contributed by atoms with Gasteiger partial charge in [-0.2, -0.15) is 0 Å². The molecule has 2 aromatic rings. The smallest absolute Gasteiger partial charge is 0.407 e. The van der Waals surface area contributed by atoms with Crippen LogP contribution in [0.3, 0.4) is 0 Å². The van der Waals surface area contributed by atoms with Gasteiger partial charge in [-0.1, -0.05) is 30.3 Å². The number of urea groups is 1. The highest BCUT2D eigenvalue weighted by atomic mass is 35.5. The predicted octanol–water partition coefficient (Wildman–Crippen LogP) is 4.52. The van der Waals surface area contributed by atoms with Crippen LogP contribution in [0.4, 0.5) is 15.3 Å². The molecule has 0 unspecified atom stereocenters. The molecule has 3 N–H and O–H groups in total. The average Bonchev–Trinajstić information content (AvgIpc) is 3.24. The number of hydrogen-bond acceptors (Lipinski definition) is 6. The number of carboxylic acid groups (broad SMARTS) is 1. The van der Waals surface area contributed by atoms with Crippen LogP contribution in [0.5, 0.6) is 5.75 Å². The van der Waals surface area contributed by atoms with E-state index < -0.39 is 11.6 Å². The Hall–Kier alpha value is -3.54. The third kappa shape index (κ3) is 7.03. The first kappa shape index (κ1) is 34.8. The molecule has 3 fully saturated rings. The Bertz CT molecular complexity index is 1430. The van der Waals surface area contributed by atoms with Gasteiger partial charge in [-0.25, -0.2) is 9.59 Å². The number of phenols is 1. The lowest BCUT2D eigenvalue weighted by atomic mass is 9.71. The molecule has 4 aliphatic heterocycles. The summed E-state index contributed by atoms with van der Waals surface area (Å²) in [6.07, 6.45) is 2.55. The molecule has 47 heavy (non-hydrogen) atoms. The summed E-state index contributed by atoms with van der Waals surface area (Å²) >= 11 is 0. The van der Waals surface area contributed by atoms with Crippen molar-refractivity contribution in [3.8, 4) is 5.75 Å². The highest BCUT2D eigenvalue weighted by Crippen LogP contribution is 2.41. The standard InChI is InChI=1S/C35H47N5O6.ClH/c1-24-21-26(22-25(2)31(24)41)23-35(28-8-12-39(13-9-28)34(44)45,40-16-7-27-5-3-4-6-30(27)36-33(40)43)32(42)38-14-10-29(11-15-38)37-17-19-46-20-18-37;/h3-6,21-22,28-29,41H,7-20,23H2,1-2H3,(H,36,43)(H,44,45);1H/t35-;/m1./s1. The summed E-state index contributed by atoms with van der Waals surface area (Å²) in [5.74, 6) is -0.108. The lowest BCUT2D eigenvalue weighted by Crippen LogP contribution is -2.69. The number of morpholine rings is 1. The number of hydrogen-bond donors (Lipinski definition) is 3. The fourth-order valence-electron chi connectivity index (χ4n) is 8.24. The number of phenolic OH excluding ortho intramolecular Hbond substituents is 1. The van der Waals surface area contributed by atoms with Gasteiger partial charge in [0.25, 0.3) is 0 Å². The van der Waals surface area contributed by atoms with Crippen molar-refractivity contribution in [1.82, 2.24) is 19.6 Å². The number of benzene rings is 2. The van der Waals surface area contributed by atoms with Crippen molar-refractivity contribution in [3.63, 3.8) is 0 Å². The quantitative estimate of drug-likeness (QED) is 0.413. The first-order chi connectivity index (χ1) is 22.2. The SMILES string of the molecule is Cc1cc(C[C@](C(=O)N2CCC(N3CCOCC3)CC2)(C2CCN(C(=O)O)CC2)N2CCc3ccccc3NC2=O)cc(C)c1O.Cl. The first-order valence-electron chi connectivity index (χ1n) is 16.7. The molecular weight excluding hydrogens is 622 g/mol. The summed E-state index contributed by atoms with van der Waals surface area (Å²) < 4.78 is 5.57. The minimum absolute atomic E-state index is 0. The molecule has 2 aromatic carbocycles. The van der Waals surface area contributed by atoms with Crippen molar-refractivity contribution in [1.29, 1.82) is 0 Å². The lowest BCUT2D eigenvalue weighted by Gasteiger charge is -2.52. The van der Waals surface area contributed by atoms with Crippen LogP contribution in [0.25, 0.3) is 0 Å². The van der Waals surface area contributed by atoms with Gasteiger partial charge in [-0.3, -0.25) is 9.69 Å². The number of piperidine rings is 2. The monoisotopic (exact) mass is 669 g/mol. The second kappa shape index (κ2) is 14.7. The molecule has 3 saturated heterocycles. The second-order valence-corrected chi connectivity index (χ2v) is 13.4. The fraction of sp³-hybridized carbons (Fsp3) is 0.571. The number of likely N-dealkylation sites (tertiary alicyclic amines) is 2. The van der Waals surface area contributed by atoms with Crippen molar-refractivity contribution in [2.75, 3.05) is 64.3 Å². The Morgan fingerprint density at radius 3 is 2.17 bits per heavy atom.